The summed E-state index contributed by atoms with van der Waals surface area (Å²) in [6.45, 7) is 6.40. The molecule has 2 aromatic rings. The molecule has 0 aliphatic carbocycles. The molecule has 0 fully saturated rings. The quantitative estimate of drug-likeness (QED) is 0.415. The van der Waals surface area contributed by atoms with Crippen LogP contribution in [0.2, 0.25) is 0 Å². The number of hydrogen-bond acceptors (Lipinski definition) is 4. The average Bonchev–Trinajstić information content (AvgIpc) is 2.70. The Morgan fingerprint density at radius 1 is 1.11 bits per heavy atom. The Kier molecular flexibility index (Phi) is 7.70. The molecular weight excluding hydrogens is 342 g/mol. The highest BCUT2D eigenvalue weighted by molar-refractivity contribution is 5.92. The van der Waals surface area contributed by atoms with Gasteiger partial charge in [-0.15, -0.1) is 0 Å². The lowest BCUT2D eigenvalue weighted by Gasteiger charge is -2.30. The molecule has 1 N–H and O–H groups in total. The van der Waals surface area contributed by atoms with Crippen LogP contribution in [0.3, 0.4) is 0 Å². The van der Waals surface area contributed by atoms with Gasteiger partial charge in [-0.1, -0.05) is 56.3 Å². The summed E-state index contributed by atoms with van der Waals surface area (Å²) in [7, 11) is 0. The molecule has 1 unspecified atom stereocenters. The summed E-state index contributed by atoms with van der Waals surface area (Å²) in [6.07, 6.45) is 2.81. The fourth-order valence-corrected chi connectivity index (χ4v) is 3.01. The maximum Gasteiger partial charge on any atom is 0.276 e. The van der Waals surface area contributed by atoms with E-state index in [1.165, 1.54) is 18.2 Å². The van der Waals surface area contributed by atoms with Gasteiger partial charge in [-0.25, -0.2) is 0 Å². The van der Waals surface area contributed by atoms with Crippen molar-refractivity contribution in [3.63, 3.8) is 0 Å². The number of rotatable bonds is 9. The van der Waals surface area contributed by atoms with Crippen LogP contribution < -0.4 is 5.32 Å². The van der Waals surface area contributed by atoms with Crippen LogP contribution in [0.4, 0.5) is 5.69 Å². The van der Waals surface area contributed by atoms with Crippen LogP contribution in [0, 0.1) is 10.1 Å². The molecule has 0 bridgehead atoms. The normalized spacial score (nSPS) is 12.3. The highest BCUT2D eigenvalue weighted by Crippen LogP contribution is 2.20. The van der Waals surface area contributed by atoms with E-state index in [-0.39, 0.29) is 17.6 Å². The van der Waals surface area contributed by atoms with Crippen LogP contribution in [-0.2, 0) is 4.79 Å². The van der Waals surface area contributed by atoms with Crippen LogP contribution in [-0.4, -0.2) is 35.4 Å². The fraction of sp³-hybridized carbons (Fsp3) is 0.286. The zero-order valence-corrected chi connectivity index (χ0v) is 15.7. The Balaban J connectivity index is 2.07. The maximum absolute atomic E-state index is 12.2. The van der Waals surface area contributed by atoms with Gasteiger partial charge in [-0.05, 0) is 30.8 Å². The van der Waals surface area contributed by atoms with Crippen LogP contribution >= 0.6 is 0 Å². The van der Waals surface area contributed by atoms with Crippen molar-refractivity contribution in [2.24, 2.45) is 0 Å². The molecule has 0 aromatic heterocycles. The van der Waals surface area contributed by atoms with E-state index in [1.54, 1.807) is 18.2 Å². The molecule has 142 valence electrons. The van der Waals surface area contributed by atoms with Gasteiger partial charge < -0.3 is 5.32 Å². The number of nitrogens with one attached hydrogen (secondary N) is 1. The molecule has 0 saturated carbocycles. The third-order valence-electron chi connectivity index (χ3n) is 4.45. The van der Waals surface area contributed by atoms with Crippen molar-refractivity contribution in [3.05, 3.63) is 81.9 Å². The second-order valence-corrected chi connectivity index (χ2v) is 6.04. The van der Waals surface area contributed by atoms with Gasteiger partial charge in [-0.2, -0.15) is 0 Å². The van der Waals surface area contributed by atoms with E-state index >= 15 is 0 Å². The van der Waals surface area contributed by atoms with Crippen molar-refractivity contribution >= 4 is 17.7 Å². The summed E-state index contributed by atoms with van der Waals surface area (Å²) in [5.41, 5.74) is 1.53. The number of hydrogen-bond donors (Lipinski definition) is 1. The molecule has 0 aliphatic heterocycles. The molecule has 0 spiro atoms. The largest absolute Gasteiger partial charge is 0.351 e. The van der Waals surface area contributed by atoms with Crippen LogP contribution in [0.1, 0.15) is 31.0 Å². The van der Waals surface area contributed by atoms with Gasteiger partial charge >= 0.3 is 0 Å². The van der Waals surface area contributed by atoms with Crippen molar-refractivity contribution in [2.75, 3.05) is 19.6 Å². The van der Waals surface area contributed by atoms with E-state index in [4.69, 9.17) is 0 Å². The van der Waals surface area contributed by atoms with Crippen molar-refractivity contribution < 1.29 is 9.72 Å². The third kappa shape index (κ3) is 5.76. The minimum atomic E-state index is -0.455. The Morgan fingerprint density at radius 3 is 2.37 bits per heavy atom. The summed E-state index contributed by atoms with van der Waals surface area (Å²) in [5.74, 6) is -0.277. The number of likely N-dealkylation sites (N-methyl/N-ethyl adjacent to an activating group) is 1. The first kappa shape index (κ1) is 20.3. The molecule has 0 saturated heterocycles. The second-order valence-electron chi connectivity index (χ2n) is 6.04. The number of benzene rings is 2. The van der Waals surface area contributed by atoms with Gasteiger partial charge in [0, 0.05) is 18.7 Å². The second kappa shape index (κ2) is 10.2. The first-order chi connectivity index (χ1) is 13.1. The molecule has 0 aliphatic rings. The average molecular weight is 367 g/mol. The number of carbonyl (C=O) groups is 1. The lowest BCUT2D eigenvalue weighted by molar-refractivity contribution is -0.385. The SMILES string of the molecule is CCN(CC)C(CNC(=O)C=Cc1ccccc1[N+](=O)[O-])c1ccccc1. The van der Waals surface area contributed by atoms with Gasteiger partial charge in [0.25, 0.3) is 5.69 Å². The number of amides is 1. The van der Waals surface area contributed by atoms with Crippen molar-refractivity contribution in [1.29, 1.82) is 0 Å². The topological polar surface area (TPSA) is 75.5 Å². The molecule has 6 heteroatoms. The lowest BCUT2D eigenvalue weighted by Crippen LogP contribution is -2.37. The van der Waals surface area contributed by atoms with E-state index in [1.807, 2.05) is 18.2 Å². The number of para-hydroxylation sites is 1. The number of nitro benzene ring substituents is 1. The molecule has 0 heterocycles. The number of nitrogens with zero attached hydrogens (tertiary/aromatic N) is 2. The van der Waals surface area contributed by atoms with Crippen LogP contribution in [0.5, 0.6) is 0 Å². The number of carbonyl (C=O) groups excluding carboxylic acids is 1. The lowest BCUT2D eigenvalue weighted by atomic mass is 10.1. The molecule has 6 nitrogen and oxygen atoms in total. The molecule has 27 heavy (non-hydrogen) atoms. The standard InChI is InChI=1S/C21H25N3O3/c1-3-23(4-2)20(17-10-6-5-7-11-17)16-22-21(25)15-14-18-12-8-9-13-19(18)24(26)27/h5-15,20H,3-4,16H2,1-2H3,(H,22,25). The van der Waals surface area contributed by atoms with E-state index < -0.39 is 4.92 Å². The van der Waals surface area contributed by atoms with Crippen LogP contribution in [0.25, 0.3) is 6.08 Å². The van der Waals surface area contributed by atoms with E-state index in [2.05, 4.69) is 36.2 Å². The zero-order chi connectivity index (χ0) is 19.6. The molecule has 1 amide bonds. The molecular formula is C21H25N3O3. The zero-order valence-electron chi connectivity index (χ0n) is 15.7. The highest BCUT2D eigenvalue weighted by atomic mass is 16.6. The maximum atomic E-state index is 12.2. The van der Waals surface area contributed by atoms with Gasteiger partial charge in [0.2, 0.25) is 5.91 Å². The predicted octanol–water partition coefficient (Wildman–Crippen LogP) is 3.81. The van der Waals surface area contributed by atoms with E-state index in [0.717, 1.165) is 18.7 Å². The monoisotopic (exact) mass is 367 g/mol. The van der Waals surface area contributed by atoms with Gasteiger partial charge in [-0.3, -0.25) is 19.8 Å². The minimum absolute atomic E-state index is 0.0214. The first-order valence-corrected chi connectivity index (χ1v) is 9.05. The Bertz CT molecular complexity index is 786. The smallest absolute Gasteiger partial charge is 0.276 e. The first-order valence-electron chi connectivity index (χ1n) is 9.05. The number of nitro groups is 1. The predicted molar refractivity (Wildman–Crippen MR) is 107 cm³/mol. The van der Waals surface area contributed by atoms with Crippen LogP contribution in [0.15, 0.2) is 60.7 Å². The summed E-state index contributed by atoms with van der Waals surface area (Å²) in [4.78, 5) is 25.1. The molecule has 2 rings (SSSR count). The third-order valence-corrected chi connectivity index (χ3v) is 4.45. The fourth-order valence-electron chi connectivity index (χ4n) is 3.01. The van der Waals surface area contributed by atoms with Gasteiger partial charge in [0.05, 0.1) is 16.5 Å². The summed E-state index contributed by atoms with van der Waals surface area (Å²) < 4.78 is 0. The van der Waals surface area contributed by atoms with Crippen molar-refractivity contribution in [1.82, 2.24) is 10.2 Å². The summed E-state index contributed by atoms with van der Waals surface area (Å²) >= 11 is 0. The van der Waals surface area contributed by atoms with E-state index in [0.29, 0.717) is 12.1 Å². The Hall–Kier alpha value is -2.99. The molecule has 1 atom stereocenters. The van der Waals surface area contributed by atoms with Gasteiger partial charge in [0.1, 0.15) is 0 Å². The van der Waals surface area contributed by atoms with E-state index in [9.17, 15) is 14.9 Å². The van der Waals surface area contributed by atoms with Crippen molar-refractivity contribution in [3.8, 4) is 0 Å². The Morgan fingerprint density at radius 2 is 1.74 bits per heavy atom. The minimum Gasteiger partial charge on any atom is -0.351 e. The Labute approximate surface area is 159 Å². The van der Waals surface area contributed by atoms with Crippen molar-refractivity contribution in [2.45, 2.75) is 19.9 Å². The van der Waals surface area contributed by atoms with Gasteiger partial charge in [0.15, 0.2) is 0 Å². The highest BCUT2D eigenvalue weighted by Gasteiger charge is 2.18. The summed E-state index contributed by atoms with van der Waals surface area (Å²) in [5, 5.41) is 14.0. The summed E-state index contributed by atoms with van der Waals surface area (Å²) in [6, 6.07) is 16.5. The molecule has 2 aromatic carbocycles. The molecule has 0 radical (unpaired) electrons.